The maximum absolute atomic E-state index is 10.2. The van der Waals surface area contributed by atoms with Crippen molar-refractivity contribution in [2.24, 2.45) is 16.8 Å². The molecule has 4 heteroatoms. The van der Waals surface area contributed by atoms with Crippen LogP contribution in [0.5, 0.6) is 0 Å². The summed E-state index contributed by atoms with van der Waals surface area (Å²) in [5, 5.41) is 3.79. The molecule has 0 aromatic rings. The van der Waals surface area contributed by atoms with Crippen molar-refractivity contribution >= 4 is 11.7 Å². The van der Waals surface area contributed by atoms with Crippen LogP contribution < -0.4 is 11.2 Å². The Balaban J connectivity index is 3.89. The molecule has 2 amide bonds. The number of carbonyl (C=O) groups is 1. The van der Waals surface area contributed by atoms with E-state index in [9.17, 15) is 4.79 Å². The highest BCUT2D eigenvalue weighted by atomic mass is 16.2. The predicted octanol–water partition coefficient (Wildman–Crippen LogP) is 1.08. The zero-order valence-corrected chi connectivity index (χ0v) is 7.22. The van der Waals surface area contributed by atoms with Gasteiger partial charge in [0, 0.05) is 5.71 Å². The van der Waals surface area contributed by atoms with Gasteiger partial charge < -0.3 is 5.73 Å². The number of nitrogens with two attached hydrogens (primary N) is 1. The van der Waals surface area contributed by atoms with Crippen molar-refractivity contribution in [3.05, 3.63) is 0 Å². The summed E-state index contributed by atoms with van der Waals surface area (Å²) in [6.07, 6.45) is 1.01. The van der Waals surface area contributed by atoms with Gasteiger partial charge in [0.2, 0.25) is 0 Å². The van der Waals surface area contributed by atoms with Gasteiger partial charge in [-0.05, 0) is 19.3 Å². The van der Waals surface area contributed by atoms with Crippen molar-refractivity contribution in [1.82, 2.24) is 5.43 Å². The Hall–Kier alpha value is -1.06. The third kappa shape index (κ3) is 4.36. The molecule has 0 heterocycles. The fourth-order valence-electron chi connectivity index (χ4n) is 0.549. The molecule has 0 bridgehead atoms. The number of hydrogen-bond donors (Lipinski definition) is 2. The number of amides is 2. The molecule has 0 aromatic carbocycles. The number of rotatable bonds is 3. The Morgan fingerprint density at radius 1 is 1.73 bits per heavy atom. The Bertz CT molecular complexity index is 165. The lowest BCUT2D eigenvalue weighted by molar-refractivity contribution is 0.249. The fourth-order valence-corrected chi connectivity index (χ4v) is 0.549. The summed E-state index contributed by atoms with van der Waals surface area (Å²) in [4.78, 5) is 10.2. The van der Waals surface area contributed by atoms with Crippen LogP contribution in [0.2, 0.25) is 0 Å². The van der Waals surface area contributed by atoms with Gasteiger partial charge in [-0.3, -0.25) is 0 Å². The maximum Gasteiger partial charge on any atom is 0.332 e. The molecule has 0 aromatic heterocycles. The first kappa shape index (κ1) is 9.94. The van der Waals surface area contributed by atoms with E-state index in [-0.39, 0.29) is 0 Å². The van der Waals surface area contributed by atoms with Gasteiger partial charge in [-0.2, -0.15) is 5.10 Å². The summed E-state index contributed by atoms with van der Waals surface area (Å²) < 4.78 is 0. The quantitative estimate of drug-likeness (QED) is 0.467. The first-order valence-electron chi connectivity index (χ1n) is 3.67. The van der Waals surface area contributed by atoms with Gasteiger partial charge in [-0.15, -0.1) is 0 Å². The van der Waals surface area contributed by atoms with Crippen LogP contribution in [0, 0.1) is 5.92 Å². The topological polar surface area (TPSA) is 67.5 Å². The molecule has 3 N–H and O–H groups in total. The minimum Gasteiger partial charge on any atom is -0.350 e. The van der Waals surface area contributed by atoms with Crippen LogP contribution >= 0.6 is 0 Å². The summed E-state index contributed by atoms with van der Waals surface area (Å²) in [5.41, 5.74) is 7.91. The zero-order valence-electron chi connectivity index (χ0n) is 7.22. The summed E-state index contributed by atoms with van der Waals surface area (Å²) in [5.74, 6) is 0.391. The highest BCUT2D eigenvalue weighted by molar-refractivity contribution is 5.85. The summed E-state index contributed by atoms with van der Waals surface area (Å²) in [6, 6.07) is -0.618. The van der Waals surface area contributed by atoms with Gasteiger partial charge in [0.25, 0.3) is 0 Å². The predicted molar refractivity (Wildman–Crippen MR) is 45.3 cm³/mol. The van der Waals surface area contributed by atoms with Crippen LogP contribution in [-0.4, -0.2) is 11.7 Å². The summed E-state index contributed by atoms with van der Waals surface area (Å²) in [7, 11) is 0. The van der Waals surface area contributed by atoms with Crippen LogP contribution in [0.1, 0.15) is 27.2 Å². The van der Waals surface area contributed by atoms with Crippen LogP contribution in [0.3, 0.4) is 0 Å². The maximum atomic E-state index is 10.2. The first-order valence-corrected chi connectivity index (χ1v) is 3.67. The normalized spacial score (nSPS) is 14.3. The van der Waals surface area contributed by atoms with Crippen molar-refractivity contribution in [1.29, 1.82) is 0 Å². The molecule has 0 spiro atoms. The minimum atomic E-state index is -0.618. The molecule has 4 nitrogen and oxygen atoms in total. The van der Waals surface area contributed by atoms with Gasteiger partial charge in [0.15, 0.2) is 0 Å². The Kier molecular flexibility index (Phi) is 4.26. The summed E-state index contributed by atoms with van der Waals surface area (Å²) in [6.45, 7) is 5.97. The van der Waals surface area contributed by atoms with Gasteiger partial charge >= 0.3 is 6.03 Å². The molecule has 0 aliphatic heterocycles. The van der Waals surface area contributed by atoms with Crippen molar-refractivity contribution in [2.45, 2.75) is 27.2 Å². The van der Waals surface area contributed by atoms with E-state index in [2.05, 4.69) is 17.5 Å². The van der Waals surface area contributed by atoms with E-state index in [1.807, 2.05) is 13.8 Å². The zero-order chi connectivity index (χ0) is 8.85. The lowest BCUT2D eigenvalue weighted by Crippen LogP contribution is -2.26. The van der Waals surface area contributed by atoms with E-state index in [0.717, 1.165) is 12.1 Å². The molecule has 1 atom stereocenters. The standard InChI is InChI=1S/C7H15N3O/c1-4-5(2)6(3)9-10-7(8)11/h5H,4H2,1-3H3,(H3,8,10,11)/b9-6+/t5-/m0/s1. The van der Waals surface area contributed by atoms with Crippen molar-refractivity contribution < 1.29 is 4.79 Å². The first-order chi connectivity index (χ1) is 5.07. The Labute approximate surface area is 66.8 Å². The molecule has 0 rings (SSSR count). The van der Waals surface area contributed by atoms with E-state index >= 15 is 0 Å². The van der Waals surface area contributed by atoms with Crippen LogP contribution in [0.15, 0.2) is 5.10 Å². The van der Waals surface area contributed by atoms with Gasteiger partial charge in [-0.25, -0.2) is 10.2 Å². The fraction of sp³-hybridized carbons (Fsp3) is 0.714. The number of carbonyl (C=O) groups excluding carboxylic acids is 1. The summed E-state index contributed by atoms with van der Waals surface area (Å²) >= 11 is 0. The van der Waals surface area contributed by atoms with E-state index in [1.165, 1.54) is 0 Å². The molecule has 0 aliphatic carbocycles. The molecule has 0 unspecified atom stereocenters. The number of urea groups is 1. The van der Waals surface area contributed by atoms with Crippen molar-refractivity contribution in [3.8, 4) is 0 Å². The average Bonchev–Trinajstić information content (AvgIpc) is 1.98. The molecule has 0 fully saturated rings. The van der Waals surface area contributed by atoms with Crippen LogP contribution in [0.25, 0.3) is 0 Å². The van der Waals surface area contributed by atoms with E-state index < -0.39 is 6.03 Å². The van der Waals surface area contributed by atoms with Gasteiger partial charge in [-0.1, -0.05) is 13.8 Å². The monoisotopic (exact) mass is 157 g/mol. The SMILES string of the molecule is CC[C@H](C)/C(C)=N/NC(N)=O. The highest BCUT2D eigenvalue weighted by Crippen LogP contribution is 2.01. The van der Waals surface area contributed by atoms with Gasteiger partial charge in [0.1, 0.15) is 0 Å². The smallest absolute Gasteiger partial charge is 0.332 e. The highest BCUT2D eigenvalue weighted by Gasteiger charge is 2.01. The number of nitrogens with one attached hydrogen (secondary N) is 1. The van der Waals surface area contributed by atoms with Crippen LogP contribution in [0.4, 0.5) is 4.79 Å². The number of hydrogen-bond acceptors (Lipinski definition) is 2. The molecule has 0 saturated carbocycles. The molecule has 0 aliphatic rings. The molecule has 64 valence electrons. The van der Waals surface area contributed by atoms with E-state index in [1.54, 1.807) is 0 Å². The third-order valence-electron chi connectivity index (χ3n) is 1.67. The molecular formula is C7H15N3O. The van der Waals surface area contributed by atoms with E-state index in [0.29, 0.717) is 5.92 Å². The second kappa shape index (κ2) is 4.71. The average molecular weight is 157 g/mol. The molecule has 0 saturated heterocycles. The lowest BCUT2D eigenvalue weighted by atomic mass is 10.1. The van der Waals surface area contributed by atoms with Crippen LogP contribution in [-0.2, 0) is 0 Å². The van der Waals surface area contributed by atoms with Crippen molar-refractivity contribution in [3.63, 3.8) is 0 Å². The lowest BCUT2D eigenvalue weighted by Gasteiger charge is -2.06. The Morgan fingerprint density at radius 2 is 2.27 bits per heavy atom. The van der Waals surface area contributed by atoms with Crippen molar-refractivity contribution in [2.75, 3.05) is 0 Å². The number of hydrazone groups is 1. The molecule has 11 heavy (non-hydrogen) atoms. The Morgan fingerprint density at radius 3 is 2.64 bits per heavy atom. The largest absolute Gasteiger partial charge is 0.350 e. The second-order valence-electron chi connectivity index (χ2n) is 2.54. The second-order valence-corrected chi connectivity index (χ2v) is 2.54. The third-order valence-corrected chi connectivity index (χ3v) is 1.67. The number of primary amides is 1. The molecular weight excluding hydrogens is 142 g/mol. The van der Waals surface area contributed by atoms with E-state index in [4.69, 9.17) is 5.73 Å². The molecule has 0 radical (unpaired) electrons. The van der Waals surface area contributed by atoms with Gasteiger partial charge in [0.05, 0.1) is 0 Å². The minimum absolute atomic E-state index is 0.391. The number of nitrogens with zero attached hydrogens (tertiary/aromatic N) is 1.